The fraction of sp³-hybridized carbons (Fsp3) is 0.727. The van der Waals surface area contributed by atoms with Crippen molar-refractivity contribution in [2.75, 3.05) is 6.61 Å². The monoisotopic (exact) mass is 223 g/mol. The highest BCUT2D eigenvalue weighted by Crippen LogP contribution is 2.16. The maximum Gasteiger partial charge on any atom is 0.211 e. The highest BCUT2D eigenvalue weighted by molar-refractivity contribution is 5.97. The molecule has 88 valence electrons. The third-order valence-corrected chi connectivity index (χ3v) is 2.78. The molecule has 1 fully saturated rings. The van der Waals surface area contributed by atoms with Gasteiger partial charge in [-0.15, -0.1) is 5.10 Å². The van der Waals surface area contributed by atoms with Crippen LogP contribution in [-0.2, 0) is 11.3 Å². The smallest absolute Gasteiger partial charge is 0.211 e. The van der Waals surface area contributed by atoms with E-state index in [0.29, 0.717) is 12.3 Å². The number of aromatic nitrogens is 3. The zero-order valence-corrected chi connectivity index (χ0v) is 9.56. The highest BCUT2D eigenvalue weighted by atomic mass is 16.5. The Hall–Kier alpha value is -1.23. The van der Waals surface area contributed by atoms with Crippen molar-refractivity contribution in [1.29, 1.82) is 0 Å². The van der Waals surface area contributed by atoms with Crippen molar-refractivity contribution in [1.82, 2.24) is 15.0 Å². The van der Waals surface area contributed by atoms with Crippen LogP contribution in [0.1, 0.15) is 43.1 Å². The number of Topliss-reactive ketones (excluding diaryl/α,β-unsaturated/α-hetero) is 1. The van der Waals surface area contributed by atoms with Gasteiger partial charge in [0.05, 0.1) is 6.20 Å². The molecule has 0 N–H and O–H groups in total. The molecule has 1 unspecified atom stereocenters. The number of hydrogen-bond donors (Lipinski definition) is 0. The summed E-state index contributed by atoms with van der Waals surface area (Å²) < 4.78 is 7.15. The quantitative estimate of drug-likeness (QED) is 0.725. The largest absolute Gasteiger partial charge is 0.370 e. The van der Waals surface area contributed by atoms with Crippen molar-refractivity contribution in [2.24, 2.45) is 0 Å². The molecule has 1 aromatic rings. The maximum absolute atomic E-state index is 12.1. The van der Waals surface area contributed by atoms with E-state index in [1.165, 1.54) is 6.20 Å². The molecule has 0 spiro atoms. The molecule has 1 aliphatic heterocycles. The lowest BCUT2D eigenvalue weighted by atomic mass is 10.0. The molecule has 0 aliphatic carbocycles. The molecule has 1 atom stereocenters. The van der Waals surface area contributed by atoms with Crippen LogP contribution in [0.15, 0.2) is 6.20 Å². The Kier molecular flexibility index (Phi) is 3.66. The molecule has 1 aliphatic rings. The molecule has 0 amide bonds. The summed E-state index contributed by atoms with van der Waals surface area (Å²) in [7, 11) is 0. The average Bonchev–Trinajstić information content (AvgIpc) is 2.78. The molecule has 0 bridgehead atoms. The maximum atomic E-state index is 12.1. The Balaban J connectivity index is 2.09. The Morgan fingerprint density at radius 1 is 1.62 bits per heavy atom. The molecule has 0 saturated carbocycles. The van der Waals surface area contributed by atoms with Crippen LogP contribution in [0.25, 0.3) is 0 Å². The first-order chi connectivity index (χ1) is 7.83. The highest BCUT2D eigenvalue weighted by Gasteiger charge is 2.26. The number of hydrogen-bond acceptors (Lipinski definition) is 4. The fourth-order valence-electron chi connectivity index (χ4n) is 1.94. The van der Waals surface area contributed by atoms with E-state index in [4.69, 9.17) is 4.74 Å². The molecule has 5 heteroatoms. The van der Waals surface area contributed by atoms with E-state index in [2.05, 4.69) is 10.3 Å². The Labute approximate surface area is 94.8 Å². The predicted molar refractivity (Wildman–Crippen MR) is 58.2 cm³/mol. The summed E-state index contributed by atoms with van der Waals surface area (Å²) in [5.41, 5.74) is 0.578. The Morgan fingerprint density at radius 3 is 3.19 bits per heavy atom. The van der Waals surface area contributed by atoms with Gasteiger partial charge in [0.1, 0.15) is 11.8 Å². The first-order valence-corrected chi connectivity index (χ1v) is 5.87. The normalized spacial score (nSPS) is 20.9. The molecular weight excluding hydrogens is 206 g/mol. The Bertz CT molecular complexity index is 356. The van der Waals surface area contributed by atoms with Gasteiger partial charge in [0.25, 0.3) is 0 Å². The number of nitrogens with zero attached hydrogens (tertiary/aromatic N) is 3. The second-order valence-corrected chi connectivity index (χ2v) is 4.06. The van der Waals surface area contributed by atoms with Crippen LogP contribution in [-0.4, -0.2) is 33.5 Å². The topological polar surface area (TPSA) is 57.0 Å². The molecule has 5 nitrogen and oxygen atoms in total. The summed E-state index contributed by atoms with van der Waals surface area (Å²) in [6.45, 7) is 3.46. The van der Waals surface area contributed by atoms with Crippen molar-refractivity contribution in [3.8, 4) is 0 Å². The Morgan fingerprint density at radius 2 is 2.50 bits per heavy atom. The summed E-state index contributed by atoms with van der Waals surface area (Å²) >= 11 is 0. The standard InChI is InChI=1S/C11H17N3O2/c1-2-6-14-9(8-12-13-14)11(15)10-5-3-4-7-16-10/h8,10H,2-7H2,1H3. The van der Waals surface area contributed by atoms with Crippen LogP contribution in [0.5, 0.6) is 0 Å². The third-order valence-electron chi connectivity index (χ3n) is 2.78. The van der Waals surface area contributed by atoms with Gasteiger partial charge in [-0.25, -0.2) is 4.68 Å². The van der Waals surface area contributed by atoms with Gasteiger partial charge >= 0.3 is 0 Å². The molecule has 0 radical (unpaired) electrons. The minimum absolute atomic E-state index is 0.0261. The van der Waals surface area contributed by atoms with E-state index in [-0.39, 0.29) is 11.9 Å². The lowest BCUT2D eigenvalue weighted by molar-refractivity contribution is 0.0179. The lowest BCUT2D eigenvalue weighted by Crippen LogP contribution is -2.30. The van der Waals surface area contributed by atoms with Gasteiger partial charge in [0.15, 0.2) is 0 Å². The van der Waals surface area contributed by atoms with Gasteiger partial charge < -0.3 is 4.74 Å². The molecule has 2 rings (SSSR count). The second kappa shape index (κ2) is 5.21. The van der Waals surface area contributed by atoms with E-state index in [9.17, 15) is 4.79 Å². The summed E-state index contributed by atoms with van der Waals surface area (Å²) in [5.74, 6) is 0.0261. The molecular formula is C11H17N3O2. The number of carbonyl (C=O) groups excluding carboxylic acids is 1. The number of carbonyl (C=O) groups is 1. The first kappa shape index (κ1) is 11.3. The second-order valence-electron chi connectivity index (χ2n) is 4.06. The SMILES string of the molecule is CCCn1nncc1C(=O)C1CCCCO1. The molecule has 16 heavy (non-hydrogen) atoms. The summed E-state index contributed by atoms with van der Waals surface area (Å²) in [5, 5.41) is 7.71. The van der Waals surface area contributed by atoms with E-state index in [1.807, 2.05) is 6.92 Å². The van der Waals surface area contributed by atoms with Gasteiger partial charge in [-0.2, -0.15) is 0 Å². The third kappa shape index (κ3) is 2.29. The molecule has 0 aromatic carbocycles. The zero-order chi connectivity index (χ0) is 11.4. The summed E-state index contributed by atoms with van der Waals surface area (Å²) in [6.07, 6.45) is 5.12. The van der Waals surface area contributed by atoms with Crippen molar-refractivity contribution in [3.05, 3.63) is 11.9 Å². The van der Waals surface area contributed by atoms with Gasteiger partial charge in [0.2, 0.25) is 5.78 Å². The van der Waals surface area contributed by atoms with Crippen LogP contribution in [0.3, 0.4) is 0 Å². The van der Waals surface area contributed by atoms with Gasteiger partial charge in [-0.05, 0) is 25.7 Å². The molecule has 2 heterocycles. The lowest BCUT2D eigenvalue weighted by Gasteiger charge is -2.21. The predicted octanol–water partition coefficient (Wildman–Crippen LogP) is 1.44. The van der Waals surface area contributed by atoms with Crippen molar-refractivity contribution >= 4 is 5.78 Å². The zero-order valence-electron chi connectivity index (χ0n) is 9.56. The van der Waals surface area contributed by atoms with Crippen molar-refractivity contribution in [2.45, 2.75) is 45.3 Å². The van der Waals surface area contributed by atoms with Crippen molar-refractivity contribution in [3.63, 3.8) is 0 Å². The molecule has 1 saturated heterocycles. The first-order valence-electron chi connectivity index (χ1n) is 5.87. The van der Waals surface area contributed by atoms with Crippen LogP contribution in [0.2, 0.25) is 0 Å². The average molecular weight is 223 g/mol. The van der Waals surface area contributed by atoms with Gasteiger partial charge in [-0.3, -0.25) is 4.79 Å². The fourth-order valence-corrected chi connectivity index (χ4v) is 1.94. The van der Waals surface area contributed by atoms with Crippen LogP contribution < -0.4 is 0 Å². The van der Waals surface area contributed by atoms with E-state index in [0.717, 1.165) is 32.2 Å². The number of rotatable bonds is 4. The van der Waals surface area contributed by atoms with E-state index in [1.54, 1.807) is 4.68 Å². The van der Waals surface area contributed by atoms with Crippen LogP contribution in [0.4, 0.5) is 0 Å². The van der Waals surface area contributed by atoms with Gasteiger partial charge in [-0.1, -0.05) is 12.1 Å². The molecule has 1 aromatic heterocycles. The van der Waals surface area contributed by atoms with Crippen LogP contribution >= 0.6 is 0 Å². The van der Waals surface area contributed by atoms with Crippen molar-refractivity contribution < 1.29 is 9.53 Å². The minimum Gasteiger partial charge on any atom is -0.370 e. The number of aryl methyl sites for hydroxylation is 1. The summed E-state index contributed by atoms with van der Waals surface area (Å²) in [4.78, 5) is 12.1. The number of ether oxygens (including phenoxy) is 1. The van der Waals surface area contributed by atoms with Crippen LogP contribution in [0, 0.1) is 0 Å². The van der Waals surface area contributed by atoms with Gasteiger partial charge in [0, 0.05) is 13.2 Å². The van der Waals surface area contributed by atoms with E-state index < -0.39 is 0 Å². The van der Waals surface area contributed by atoms with E-state index >= 15 is 0 Å². The summed E-state index contributed by atoms with van der Waals surface area (Å²) in [6, 6.07) is 0. The minimum atomic E-state index is -0.289. The number of ketones is 1.